The first-order valence-electron chi connectivity index (χ1n) is 10.6. The lowest BCUT2D eigenvalue weighted by Gasteiger charge is -2.12. The summed E-state index contributed by atoms with van der Waals surface area (Å²) in [5.74, 6) is 1.70. The fourth-order valence-corrected chi connectivity index (χ4v) is 2.90. The van der Waals surface area contributed by atoms with Crippen molar-refractivity contribution < 1.29 is 14.3 Å². The first-order chi connectivity index (χ1) is 14.5. The maximum atomic E-state index is 12.4. The summed E-state index contributed by atoms with van der Waals surface area (Å²) in [6.45, 7) is 7.70. The van der Waals surface area contributed by atoms with Gasteiger partial charge >= 0.3 is 0 Å². The molecule has 0 aliphatic carbocycles. The molecule has 0 aromatic heterocycles. The molecule has 0 aliphatic heterocycles. The molecule has 0 aliphatic rings. The molecular weight excluding hydrogens is 396 g/mol. The standard InChI is InChI=1S/C24H32N2O3S/c1-4-5-6-7-15-28-22-10-8-9-20(16-22)25-24(30)26-23(27)19-11-13-21(14-12-19)29-17-18(2)3/h8-14,16,18H,4-7,15,17H2,1-3H3,(H2,25,26,27,30). The van der Waals surface area contributed by atoms with Crippen LogP contribution in [-0.2, 0) is 0 Å². The topological polar surface area (TPSA) is 59.6 Å². The van der Waals surface area contributed by atoms with Crippen LogP contribution in [0.4, 0.5) is 5.69 Å². The minimum Gasteiger partial charge on any atom is -0.494 e. The van der Waals surface area contributed by atoms with Gasteiger partial charge in [0.25, 0.3) is 5.91 Å². The molecular formula is C24H32N2O3S. The van der Waals surface area contributed by atoms with Gasteiger partial charge in [-0.05, 0) is 61.0 Å². The number of hydrogen-bond acceptors (Lipinski definition) is 4. The van der Waals surface area contributed by atoms with Crippen molar-refractivity contribution in [2.45, 2.75) is 46.5 Å². The number of nitrogens with one attached hydrogen (secondary N) is 2. The number of thiocarbonyl (C=S) groups is 1. The highest BCUT2D eigenvalue weighted by atomic mass is 32.1. The van der Waals surface area contributed by atoms with E-state index in [-0.39, 0.29) is 11.0 Å². The summed E-state index contributed by atoms with van der Waals surface area (Å²) in [4.78, 5) is 12.4. The van der Waals surface area contributed by atoms with Crippen LogP contribution < -0.4 is 20.1 Å². The maximum Gasteiger partial charge on any atom is 0.257 e. The molecule has 30 heavy (non-hydrogen) atoms. The van der Waals surface area contributed by atoms with Gasteiger partial charge in [0.05, 0.1) is 13.2 Å². The minimum atomic E-state index is -0.272. The molecule has 162 valence electrons. The Morgan fingerprint density at radius 3 is 2.47 bits per heavy atom. The number of rotatable bonds is 11. The Kier molecular flexibility index (Phi) is 10.1. The number of ether oxygens (including phenoxy) is 2. The molecule has 0 fully saturated rings. The van der Waals surface area contributed by atoms with Crippen molar-refractivity contribution in [1.29, 1.82) is 0 Å². The molecule has 0 unspecified atom stereocenters. The van der Waals surface area contributed by atoms with Crippen molar-refractivity contribution in [2.24, 2.45) is 5.92 Å². The van der Waals surface area contributed by atoms with Crippen LogP contribution in [0.5, 0.6) is 11.5 Å². The van der Waals surface area contributed by atoms with E-state index < -0.39 is 0 Å². The predicted octanol–water partition coefficient (Wildman–Crippen LogP) is 5.81. The molecule has 0 spiro atoms. The quantitative estimate of drug-likeness (QED) is 0.349. The van der Waals surface area contributed by atoms with Crippen molar-refractivity contribution in [3.05, 3.63) is 54.1 Å². The van der Waals surface area contributed by atoms with Gasteiger partial charge in [0, 0.05) is 17.3 Å². The molecule has 2 rings (SSSR count). The Balaban J connectivity index is 1.82. The van der Waals surface area contributed by atoms with E-state index >= 15 is 0 Å². The van der Waals surface area contributed by atoms with Gasteiger partial charge in [-0.1, -0.05) is 46.1 Å². The summed E-state index contributed by atoms with van der Waals surface area (Å²) in [6, 6.07) is 14.6. The summed E-state index contributed by atoms with van der Waals surface area (Å²) < 4.78 is 11.4. The predicted molar refractivity (Wildman–Crippen MR) is 127 cm³/mol. The third-order valence-electron chi connectivity index (χ3n) is 4.29. The summed E-state index contributed by atoms with van der Waals surface area (Å²) in [5, 5.41) is 5.97. The van der Waals surface area contributed by atoms with E-state index in [0.29, 0.717) is 24.7 Å². The van der Waals surface area contributed by atoms with Gasteiger partial charge < -0.3 is 14.8 Å². The van der Waals surface area contributed by atoms with Gasteiger partial charge in [-0.3, -0.25) is 10.1 Å². The highest BCUT2D eigenvalue weighted by molar-refractivity contribution is 7.80. The molecule has 2 aromatic rings. The molecule has 0 radical (unpaired) electrons. The van der Waals surface area contributed by atoms with Crippen molar-refractivity contribution in [3.8, 4) is 11.5 Å². The van der Waals surface area contributed by atoms with E-state index in [1.165, 1.54) is 19.3 Å². The van der Waals surface area contributed by atoms with Gasteiger partial charge in [0.1, 0.15) is 11.5 Å². The van der Waals surface area contributed by atoms with E-state index in [0.717, 1.165) is 23.6 Å². The monoisotopic (exact) mass is 428 g/mol. The highest BCUT2D eigenvalue weighted by Crippen LogP contribution is 2.18. The zero-order valence-corrected chi connectivity index (χ0v) is 18.9. The lowest BCUT2D eigenvalue weighted by atomic mass is 10.2. The second-order valence-electron chi connectivity index (χ2n) is 7.57. The number of unbranched alkanes of at least 4 members (excludes halogenated alkanes) is 3. The van der Waals surface area contributed by atoms with Crippen molar-refractivity contribution in [2.75, 3.05) is 18.5 Å². The Morgan fingerprint density at radius 1 is 1.00 bits per heavy atom. The first-order valence-corrected chi connectivity index (χ1v) is 11.0. The molecule has 6 heteroatoms. The molecule has 2 aromatic carbocycles. The van der Waals surface area contributed by atoms with Gasteiger partial charge in [0.15, 0.2) is 5.11 Å². The average molecular weight is 429 g/mol. The van der Waals surface area contributed by atoms with Crippen LogP contribution in [0.3, 0.4) is 0 Å². The smallest absolute Gasteiger partial charge is 0.257 e. The van der Waals surface area contributed by atoms with Crippen LogP contribution in [0.15, 0.2) is 48.5 Å². The fraction of sp³-hybridized carbons (Fsp3) is 0.417. The number of anilines is 1. The summed E-state index contributed by atoms with van der Waals surface area (Å²) in [5.41, 5.74) is 1.28. The molecule has 0 bridgehead atoms. The number of hydrogen-bond donors (Lipinski definition) is 2. The van der Waals surface area contributed by atoms with Crippen molar-refractivity contribution >= 4 is 28.9 Å². The van der Waals surface area contributed by atoms with Crippen LogP contribution in [0.1, 0.15) is 56.8 Å². The van der Waals surface area contributed by atoms with Gasteiger partial charge in [-0.25, -0.2) is 0 Å². The average Bonchev–Trinajstić information content (AvgIpc) is 2.72. The van der Waals surface area contributed by atoms with E-state index in [9.17, 15) is 4.79 Å². The lowest BCUT2D eigenvalue weighted by molar-refractivity contribution is 0.0977. The van der Waals surface area contributed by atoms with E-state index in [2.05, 4.69) is 31.4 Å². The Bertz CT molecular complexity index is 806. The third kappa shape index (κ3) is 8.82. The summed E-state index contributed by atoms with van der Waals surface area (Å²) in [6.07, 6.45) is 4.65. The SMILES string of the molecule is CCCCCCOc1cccc(NC(=S)NC(=O)c2ccc(OCC(C)C)cc2)c1. The number of amides is 1. The molecule has 5 nitrogen and oxygen atoms in total. The second kappa shape index (κ2) is 12.9. The van der Waals surface area contributed by atoms with E-state index in [1.54, 1.807) is 24.3 Å². The molecule has 2 N–H and O–H groups in total. The van der Waals surface area contributed by atoms with Crippen LogP contribution in [-0.4, -0.2) is 24.2 Å². The van der Waals surface area contributed by atoms with E-state index in [4.69, 9.17) is 21.7 Å². The maximum absolute atomic E-state index is 12.4. The lowest BCUT2D eigenvalue weighted by Crippen LogP contribution is -2.34. The van der Waals surface area contributed by atoms with Gasteiger partial charge in [-0.15, -0.1) is 0 Å². The molecule has 0 saturated heterocycles. The third-order valence-corrected chi connectivity index (χ3v) is 4.49. The molecule has 1 amide bonds. The van der Waals surface area contributed by atoms with Crippen molar-refractivity contribution in [1.82, 2.24) is 5.32 Å². The number of carbonyl (C=O) groups excluding carboxylic acids is 1. The molecule has 0 atom stereocenters. The van der Waals surface area contributed by atoms with Crippen molar-refractivity contribution in [3.63, 3.8) is 0 Å². The number of benzene rings is 2. The largest absolute Gasteiger partial charge is 0.494 e. The Hall–Kier alpha value is -2.60. The summed E-state index contributed by atoms with van der Waals surface area (Å²) in [7, 11) is 0. The van der Waals surface area contributed by atoms with E-state index in [1.807, 2.05) is 24.3 Å². The minimum absolute atomic E-state index is 0.236. The molecule has 0 heterocycles. The first kappa shape index (κ1) is 23.7. The van der Waals surface area contributed by atoms with Crippen LogP contribution in [0.2, 0.25) is 0 Å². The zero-order valence-electron chi connectivity index (χ0n) is 18.1. The normalized spacial score (nSPS) is 10.5. The zero-order chi connectivity index (χ0) is 21.8. The highest BCUT2D eigenvalue weighted by Gasteiger charge is 2.09. The van der Waals surface area contributed by atoms with Gasteiger partial charge in [0.2, 0.25) is 0 Å². The van der Waals surface area contributed by atoms with Crippen LogP contribution >= 0.6 is 12.2 Å². The number of carbonyl (C=O) groups is 1. The summed E-state index contributed by atoms with van der Waals surface area (Å²) >= 11 is 5.28. The fourth-order valence-electron chi connectivity index (χ4n) is 2.69. The molecule has 0 saturated carbocycles. The van der Waals surface area contributed by atoms with Crippen LogP contribution in [0.25, 0.3) is 0 Å². The second-order valence-corrected chi connectivity index (χ2v) is 7.98. The van der Waals surface area contributed by atoms with Crippen LogP contribution in [0, 0.1) is 5.92 Å². The van der Waals surface area contributed by atoms with Gasteiger partial charge in [-0.2, -0.15) is 0 Å². The Morgan fingerprint density at radius 2 is 1.77 bits per heavy atom. The Labute approximate surface area is 185 Å².